The number of nitrogens with zero attached hydrogens (tertiary/aromatic N) is 1. The molecule has 0 saturated carbocycles. The van der Waals surface area contributed by atoms with E-state index in [4.69, 9.17) is 10.5 Å². The van der Waals surface area contributed by atoms with Crippen molar-refractivity contribution in [1.82, 2.24) is 9.97 Å². The molecule has 2 aromatic rings. The van der Waals surface area contributed by atoms with Gasteiger partial charge in [0.2, 0.25) is 0 Å². The van der Waals surface area contributed by atoms with Gasteiger partial charge < -0.3 is 15.5 Å². The maximum absolute atomic E-state index is 5.78. The molecule has 1 aliphatic rings. The Hall–Kier alpha value is -1.55. The van der Waals surface area contributed by atoms with Crippen LogP contribution in [0.1, 0.15) is 31.7 Å². The molecule has 1 fully saturated rings. The Kier molecular flexibility index (Phi) is 2.11. The van der Waals surface area contributed by atoms with Gasteiger partial charge in [-0.2, -0.15) is 0 Å². The highest BCUT2D eigenvalue weighted by atomic mass is 16.5. The number of fused-ring (bicyclic) bond motifs is 1. The van der Waals surface area contributed by atoms with E-state index < -0.39 is 0 Å². The molecule has 1 aromatic carbocycles. The molecule has 3 N–H and O–H groups in total. The molecule has 4 heteroatoms. The van der Waals surface area contributed by atoms with Crippen LogP contribution < -0.4 is 5.73 Å². The molecule has 0 aliphatic carbocycles. The molecule has 84 valence electrons. The van der Waals surface area contributed by atoms with Crippen molar-refractivity contribution in [1.29, 1.82) is 0 Å². The number of hydrogen-bond acceptors (Lipinski definition) is 3. The lowest BCUT2D eigenvalue weighted by Gasteiger charge is -2.06. The molecular formula is C12H15N3O. The zero-order chi connectivity index (χ0) is 11.1. The van der Waals surface area contributed by atoms with E-state index in [0.717, 1.165) is 35.4 Å². The van der Waals surface area contributed by atoms with Gasteiger partial charge in [0.25, 0.3) is 0 Å². The lowest BCUT2D eigenvalue weighted by atomic mass is 10.2. The Bertz CT molecular complexity index is 520. The van der Waals surface area contributed by atoms with Gasteiger partial charge in [0.15, 0.2) is 0 Å². The standard InChI is InChI=1S/C12H15N3O/c1-7-2-5-11(16-7)12-14-9-4-3-8(13)6-10(9)15-12/h3-4,6-7,11H,2,5,13H2,1H3,(H,14,15). The SMILES string of the molecule is CC1CCC(c2nc3ccc(N)cc3[nH]2)O1. The number of nitrogens with two attached hydrogens (primary N) is 1. The molecule has 2 heterocycles. The van der Waals surface area contributed by atoms with E-state index in [2.05, 4.69) is 16.9 Å². The Balaban J connectivity index is 1.99. The molecule has 1 aliphatic heterocycles. The highest BCUT2D eigenvalue weighted by molar-refractivity contribution is 5.78. The van der Waals surface area contributed by atoms with Crippen LogP contribution in [0.2, 0.25) is 0 Å². The number of nitrogen functional groups attached to an aromatic ring is 1. The summed E-state index contributed by atoms with van der Waals surface area (Å²) >= 11 is 0. The van der Waals surface area contributed by atoms with Crippen LogP contribution in [0.4, 0.5) is 5.69 Å². The van der Waals surface area contributed by atoms with E-state index in [1.807, 2.05) is 18.2 Å². The van der Waals surface area contributed by atoms with Crippen LogP contribution in [0.25, 0.3) is 11.0 Å². The zero-order valence-corrected chi connectivity index (χ0v) is 9.23. The summed E-state index contributed by atoms with van der Waals surface area (Å²) in [7, 11) is 0. The summed E-state index contributed by atoms with van der Waals surface area (Å²) < 4.78 is 5.78. The van der Waals surface area contributed by atoms with Crippen molar-refractivity contribution in [3.05, 3.63) is 24.0 Å². The third-order valence-electron chi connectivity index (χ3n) is 3.06. The van der Waals surface area contributed by atoms with Crippen LogP contribution in [-0.4, -0.2) is 16.1 Å². The number of ether oxygens (including phenoxy) is 1. The Morgan fingerprint density at radius 2 is 2.31 bits per heavy atom. The summed E-state index contributed by atoms with van der Waals surface area (Å²) in [6.07, 6.45) is 2.59. The number of imidazole rings is 1. The summed E-state index contributed by atoms with van der Waals surface area (Å²) in [5.74, 6) is 0.921. The molecule has 4 nitrogen and oxygen atoms in total. The van der Waals surface area contributed by atoms with Gasteiger partial charge in [0.05, 0.1) is 17.1 Å². The first-order valence-electron chi connectivity index (χ1n) is 5.63. The number of rotatable bonds is 1. The van der Waals surface area contributed by atoms with Gasteiger partial charge in [-0.15, -0.1) is 0 Å². The summed E-state index contributed by atoms with van der Waals surface area (Å²) in [6.45, 7) is 2.10. The first-order valence-corrected chi connectivity index (χ1v) is 5.63. The Morgan fingerprint density at radius 3 is 3.06 bits per heavy atom. The third-order valence-corrected chi connectivity index (χ3v) is 3.06. The predicted octanol–water partition coefficient (Wildman–Crippen LogP) is 2.39. The fourth-order valence-electron chi connectivity index (χ4n) is 2.20. The number of benzene rings is 1. The molecule has 16 heavy (non-hydrogen) atoms. The second-order valence-corrected chi connectivity index (χ2v) is 4.41. The van der Waals surface area contributed by atoms with Gasteiger partial charge in [-0.05, 0) is 38.0 Å². The van der Waals surface area contributed by atoms with E-state index in [1.54, 1.807) is 0 Å². The second kappa shape index (κ2) is 3.49. The lowest BCUT2D eigenvalue weighted by molar-refractivity contribution is 0.0510. The molecule has 3 rings (SSSR count). The molecule has 0 bridgehead atoms. The number of hydrogen-bond donors (Lipinski definition) is 2. The fraction of sp³-hybridized carbons (Fsp3) is 0.417. The van der Waals surface area contributed by atoms with Gasteiger partial charge in [0.1, 0.15) is 11.9 Å². The molecule has 0 amide bonds. The van der Waals surface area contributed by atoms with Crippen molar-refractivity contribution >= 4 is 16.7 Å². The first kappa shape index (κ1) is 9.66. The van der Waals surface area contributed by atoms with Crippen LogP contribution in [0.15, 0.2) is 18.2 Å². The summed E-state index contributed by atoms with van der Waals surface area (Å²) in [6, 6.07) is 5.71. The van der Waals surface area contributed by atoms with Crippen molar-refractivity contribution < 1.29 is 4.74 Å². The fourth-order valence-corrected chi connectivity index (χ4v) is 2.20. The van der Waals surface area contributed by atoms with E-state index in [1.165, 1.54) is 0 Å². The first-order chi connectivity index (χ1) is 7.72. The van der Waals surface area contributed by atoms with Gasteiger partial charge in [-0.3, -0.25) is 0 Å². The third kappa shape index (κ3) is 1.55. The van der Waals surface area contributed by atoms with Crippen LogP contribution in [0.3, 0.4) is 0 Å². The molecule has 2 unspecified atom stereocenters. The van der Waals surface area contributed by atoms with E-state index in [9.17, 15) is 0 Å². The highest BCUT2D eigenvalue weighted by Gasteiger charge is 2.25. The number of aromatic amines is 1. The van der Waals surface area contributed by atoms with E-state index >= 15 is 0 Å². The maximum atomic E-state index is 5.78. The molecule has 1 saturated heterocycles. The molecule has 0 radical (unpaired) electrons. The van der Waals surface area contributed by atoms with Crippen LogP contribution in [0.5, 0.6) is 0 Å². The summed E-state index contributed by atoms with van der Waals surface area (Å²) in [5, 5.41) is 0. The van der Waals surface area contributed by atoms with Crippen molar-refractivity contribution in [2.24, 2.45) is 0 Å². The number of H-pyrrole nitrogens is 1. The number of aromatic nitrogens is 2. The molecule has 2 atom stereocenters. The monoisotopic (exact) mass is 217 g/mol. The minimum absolute atomic E-state index is 0.114. The van der Waals surface area contributed by atoms with E-state index in [0.29, 0.717) is 6.10 Å². The van der Waals surface area contributed by atoms with Crippen molar-refractivity contribution in [2.45, 2.75) is 32.0 Å². The topological polar surface area (TPSA) is 63.9 Å². The van der Waals surface area contributed by atoms with Crippen molar-refractivity contribution in [3.8, 4) is 0 Å². The van der Waals surface area contributed by atoms with E-state index in [-0.39, 0.29) is 6.10 Å². The lowest BCUT2D eigenvalue weighted by Crippen LogP contribution is -2.02. The van der Waals surface area contributed by atoms with Gasteiger partial charge in [-0.1, -0.05) is 0 Å². The normalized spacial score (nSPS) is 25.3. The minimum atomic E-state index is 0.114. The van der Waals surface area contributed by atoms with Crippen LogP contribution in [0, 0.1) is 0 Å². The van der Waals surface area contributed by atoms with Crippen LogP contribution >= 0.6 is 0 Å². The molecule has 1 aromatic heterocycles. The quantitative estimate of drug-likeness (QED) is 0.721. The largest absolute Gasteiger partial charge is 0.399 e. The minimum Gasteiger partial charge on any atom is -0.399 e. The smallest absolute Gasteiger partial charge is 0.136 e. The zero-order valence-electron chi connectivity index (χ0n) is 9.23. The van der Waals surface area contributed by atoms with Gasteiger partial charge >= 0.3 is 0 Å². The summed E-state index contributed by atoms with van der Waals surface area (Å²) in [4.78, 5) is 7.82. The van der Waals surface area contributed by atoms with Crippen molar-refractivity contribution in [2.75, 3.05) is 5.73 Å². The second-order valence-electron chi connectivity index (χ2n) is 4.41. The predicted molar refractivity (Wildman–Crippen MR) is 63.0 cm³/mol. The summed E-state index contributed by atoms with van der Waals surface area (Å²) in [5.41, 5.74) is 8.42. The number of anilines is 1. The highest BCUT2D eigenvalue weighted by Crippen LogP contribution is 2.31. The maximum Gasteiger partial charge on any atom is 0.136 e. The molecule has 0 spiro atoms. The average molecular weight is 217 g/mol. The molecular weight excluding hydrogens is 202 g/mol. The average Bonchev–Trinajstić information content (AvgIpc) is 2.83. The Labute approximate surface area is 93.8 Å². The van der Waals surface area contributed by atoms with Crippen molar-refractivity contribution in [3.63, 3.8) is 0 Å². The Morgan fingerprint density at radius 1 is 1.44 bits per heavy atom. The van der Waals surface area contributed by atoms with Crippen LogP contribution in [-0.2, 0) is 4.74 Å². The van der Waals surface area contributed by atoms with Gasteiger partial charge in [-0.25, -0.2) is 4.98 Å². The number of nitrogens with one attached hydrogen (secondary N) is 1. The van der Waals surface area contributed by atoms with Gasteiger partial charge in [0, 0.05) is 5.69 Å².